The van der Waals surface area contributed by atoms with Gasteiger partial charge in [0.05, 0.1) is 10.6 Å². The van der Waals surface area contributed by atoms with Crippen LogP contribution in [0.1, 0.15) is 12.5 Å². The molecule has 1 aliphatic rings. The summed E-state index contributed by atoms with van der Waals surface area (Å²) in [5.74, 6) is -0.283. The van der Waals surface area contributed by atoms with Gasteiger partial charge in [-0.05, 0) is 47.7 Å². The highest BCUT2D eigenvalue weighted by Gasteiger charge is 2.23. The fourth-order valence-electron chi connectivity index (χ4n) is 2.12. The molecule has 1 saturated heterocycles. The molecular weight excluding hydrogens is 322 g/mol. The van der Waals surface area contributed by atoms with Crippen molar-refractivity contribution in [2.24, 2.45) is 4.99 Å². The number of amidine groups is 1. The summed E-state index contributed by atoms with van der Waals surface area (Å²) in [7, 11) is 0. The van der Waals surface area contributed by atoms with E-state index < -0.39 is 0 Å². The lowest BCUT2D eigenvalue weighted by molar-refractivity contribution is -0.115. The molecule has 24 heavy (non-hydrogen) atoms. The van der Waals surface area contributed by atoms with Gasteiger partial charge in [0.15, 0.2) is 5.17 Å². The minimum absolute atomic E-state index is 0.117. The highest BCUT2D eigenvalue weighted by Crippen LogP contribution is 2.28. The van der Waals surface area contributed by atoms with E-state index in [2.05, 4.69) is 15.6 Å². The fraction of sp³-hybridized carbons (Fsp3) is 0.0556. The number of amides is 2. The van der Waals surface area contributed by atoms with E-state index in [1.54, 1.807) is 18.2 Å². The number of rotatable bonds is 3. The third-order valence-corrected chi connectivity index (χ3v) is 4.08. The monoisotopic (exact) mass is 337 g/mol. The Morgan fingerprint density at radius 2 is 1.83 bits per heavy atom. The van der Waals surface area contributed by atoms with Crippen LogP contribution in [0.2, 0.25) is 0 Å². The van der Waals surface area contributed by atoms with Crippen LogP contribution in [0.4, 0.5) is 11.4 Å². The van der Waals surface area contributed by atoms with Crippen LogP contribution in [0, 0.1) is 0 Å². The molecule has 0 aliphatic carbocycles. The van der Waals surface area contributed by atoms with Crippen molar-refractivity contribution in [2.75, 3.05) is 5.32 Å². The normalized spacial score (nSPS) is 17.1. The van der Waals surface area contributed by atoms with Crippen molar-refractivity contribution in [3.8, 4) is 0 Å². The summed E-state index contributed by atoms with van der Waals surface area (Å²) in [6.45, 7) is 1.46. The molecule has 120 valence electrons. The Hall–Kier alpha value is -2.86. The maximum absolute atomic E-state index is 12.1. The number of hydrogen-bond donors (Lipinski definition) is 2. The van der Waals surface area contributed by atoms with Crippen LogP contribution in [0.3, 0.4) is 0 Å². The molecule has 0 radical (unpaired) electrons. The van der Waals surface area contributed by atoms with Crippen molar-refractivity contribution >= 4 is 46.2 Å². The van der Waals surface area contributed by atoms with Gasteiger partial charge >= 0.3 is 0 Å². The van der Waals surface area contributed by atoms with Crippen molar-refractivity contribution in [1.82, 2.24) is 5.32 Å². The average molecular weight is 337 g/mol. The zero-order chi connectivity index (χ0) is 16.9. The Morgan fingerprint density at radius 1 is 1.12 bits per heavy atom. The van der Waals surface area contributed by atoms with Crippen LogP contribution in [0.25, 0.3) is 6.08 Å². The lowest BCUT2D eigenvalue weighted by Gasteiger charge is -2.02. The predicted molar refractivity (Wildman–Crippen MR) is 98.0 cm³/mol. The van der Waals surface area contributed by atoms with E-state index in [9.17, 15) is 9.59 Å². The smallest absolute Gasteiger partial charge is 0.264 e. The summed E-state index contributed by atoms with van der Waals surface area (Å²) >= 11 is 1.30. The Labute approximate surface area is 143 Å². The van der Waals surface area contributed by atoms with Crippen molar-refractivity contribution in [3.63, 3.8) is 0 Å². The van der Waals surface area contributed by atoms with Gasteiger partial charge in [-0.2, -0.15) is 0 Å². The molecule has 0 spiro atoms. The van der Waals surface area contributed by atoms with Gasteiger partial charge in [0.1, 0.15) is 0 Å². The SMILES string of the molecule is CC(=O)Nc1ccc(/C=C2/SC(=Nc3ccccc3)NC2=O)cc1. The Balaban J connectivity index is 1.75. The first kappa shape index (κ1) is 16.0. The van der Waals surface area contributed by atoms with Crippen LogP contribution in [-0.2, 0) is 9.59 Å². The largest absolute Gasteiger partial charge is 0.326 e. The Bertz CT molecular complexity index is 827. The number of para-hydroxylation sites is 1. The molecule has 2 amide bonds. The summed E-state index contributed by atoms with van der Waals surface area (Å²) in [6, 6.07) is 16.7. The summed E-state index contributed by atoms with van der Waals surface area (Å²) in [5, 5.41) is 6.03. The molecule has 0 saturated carbocycles. The Morgan fingerprint density at radius 3 is 2.50 bits per heavy atom. The van der Waals surface area contributed by atoms with Crippen LogP contribution >= 0.6 is 11.8 Å². The van der Waals surface area contributed by atoms with Gasteiger partial charge in [-0.25, -0.2) is 4.99 Å². The molecule has 2 N–H and O–H groups in total. The lowest BCUT2D eigenvalue weighted by atomic mass is 10.2. The van der Waals surface area contributed by atoms with Crippen LogP contribution in [-0.4, -0.2) is 17.0 Å². The van der Waals surface area contributed by atoms with E-state index in [4.69, 9.17) is 0 Å². The van der Waals surface area contributed by atoms with Gasteiger partial charge < -0.3 is 10.6 Å². The summed E-state index contributed by atoms with van der Waals surface area (Å²) in [4.78, 5) is 28.1. The van der Waals surface area contributed by atoms with E-state index in [0.717, 1.165) is 16.9 Å². The second-order valence-corrected chi connectivity index (χ2v) is 6.15. The zero-order valence-electron chi connectivity index (χ0n) is 12.9. The lowest BCUT2D eigenvalue weighted by Crippen LogP contribution is -2.19. The van der Waals surface area contributed by atoms with Gasteiger partial charge in [-0.3, -0.25) is 9.59 Å². The highest BCUT2D eigenvalue weighted by molar-refractivity contribution is 8.18. The van der Waals surface area contributed by atoms with Crippen molar-refractivity contribution < 1.29 is 9.59 Å². The molecule has 6 heteroatoms. The van der Waals surface area contributed by atoms with Crippen LogP contribution < -0.4 is 10.6 Å². The van der Waals surface area contributed by atoms with Gasteiger partial charge in [0, 0.05) is 12.6 Å². The van der Waals surface area contributed by atoms with Crippen molar-refractivity contribution in [2.45, 2.75) is 6.92 Å². The fourth-order valence-corrected chi connectivity index (χ4v) is 2.96. The summed E-state index contributed by atoms with van der Waals surface area (Å²) < 4.78 is 0. The molecule has 1 aliphatic heterocycles. The van der Waals surface area contributed by atoms with Gasteiger partial charge in [0.2, 0.25) is 5.91 Å². The molecule has 5 nitrogen and oxygen atoms in total. The molecule has 0 bridgehead atoms. The second kappa shape index (κ2) is 7.14. The first-order valence-electron chi connectivity index (χ1n) is 7.32. The summed E-state index contributed by atoms with van der Waals surface area (Å²) in [5.41, 5.74) is 2.39. The number of carbonyl (C=O) groups excluding carboxylic acids is 2. The molecule has 1 fully saturated rings. The number of anilines is 1. The maximum atomic E-state index is 12.1. The molecular formula is C18H15N3O2S. The zero-order valence-corrected chi connectivity index (χ0v) is 13.8. The minimum atomic E-state index is -0.166. The number of carbonyl (C=O) groups is 2. The third kappa shape index (κ3) is 4.11. The minimum Gasteiger partial charge on any atom is -0.326 e. The van der Waals surface area contributed by atoms with Crippen LogP contribution in [0.15, 0.2) is 64.5 Å². The summed E-state index contributed by atoms with van der Waals surface area (Å²) in [6.07, 6.45) is 1.80. The highest BCUT2D eigenvalue weighted by atomic mass is 32.2. The molecule has 2 aromatic carbocycles. The second-order valence-electron chi connectivity index (χ2n) is 5.12. The first-order valence-corrected chi connectivity index (χ1v) is 8.14. The Kier molecular flexibility index (Phi) is 4.77. The van der Waals surface area contributed by atoms with E-state index >= 15 is 0 Å². The standard InChI is InChI=1S/C18H15N3O2S/c1-12(22)19-15-9-7-13(8-10-15)11-16-17(23)21-18(24-16)20-14-5-3-2-4-6-14/h2-11H,1H3,(H,19,22)(H,20,21,23)/b16-11+. The number of aliphatic imine (C=N–C) groups is 1. The topological polar surface area (TPSA) is 70.6 Å². The number of nitrogens with zero attached hydrogens (tertiary/aromatic N) is 1. The quantitative estimate of drug-likeness (QED) is 0.842. The van der Waals surface area contributed by atoms with Crippen molar-refractivity contribution in [1.29, 1.82) is 0 Å². The van der Waals surface area contributed by atoms with E-state index in [0.29, 0.717) is 10.1 Å². The number of nitrogens with one attached hydrogen (secondary N) is 2. The number of hydrogen-bond acceptors (Lipinski definition) is 4. The average Bonchev–Trinajstić information content (AvgIpc) is 2.89. The van der Waals surface area contributed by atoms with Crippen LogP contribution in [0.5, 0.6) is 0 Å². The van der Waals surface area contributed by atoms with Gasteiger partial charge in [-0.1, -0.05) is 30.3 Å². The maximum Gasteiger partial charge on any atom is 0.264 e. The predicted octanol–water partition coefficient (Wildman–Crippen LogP) is 3.54. The van der Waals surface area contributed by atoms with Gasteiger partial charge in [-0.15, -0.1) is 0 Å². The van der Waals surface area contributed by atoms with Crippen molar-refractivity contribution in [3.05, 3.63) is 65.1 Å². The molecule has 1 heterocycles. The third-order valence-electron chi connectivity index (χ3n) is 3.17. The molecule has 0 atom stereocenters. The van der Waals surface area contributed by atoms with Gasteiger partial charge in [0.25, 0.3) is 5.91 Å². The first-order chi connectivity index (χ1) is 11.6. The van der Waals surface area contributed by atoms with E-state index in [-0.39, 0.29) is 11.8 Å². The van der Waals surface area contributed by atoms with E-state index in [1.165, 1.54) is 18.7 Å². The molecule has 0 unspecified atom stereocenters. The van der Waals surface area contributed by atoms with E-state index in [1.807, 2.05) is 42.5 Å². The molecule has 0 aromatic heterocycles. The molecule has 2 aromatic rings. The number of benzene rings is 2. The number of thioether (sulfide) groups is 1. The molecule has 3 rings (SSSR count).